The van der Waals surface area contributed by atoms with Crippen LogP contribution in [0.3, 0.4) is 0 Å². The first-order valence-electron chi connectivity index (χ1n) is 14.3. The van der Waals surface area contributed by atoms with E-state index >= 15 is 0 Å². The van der Waals surface area contributed by atoms with Crippen LogP contribution in [0.2, 0.25) is 0 Å². The normalized spacial score (nSPS) is 15.8. The molecule has 0 aliphatic carbocycles. The van der Waals surface area contributed by atoms with Crippen LogP contribution < -0.4 is 20.1 Å². The summed E-state index contributed by atoms with van der Waals surface area (Å²) >= 11 is 0. The summed E-state index contributed by atoms with van der Waals surface area (Å²) in [5.41, 5.74) is 2.21. The van der Waals surface area contributed by atoms with Crippen LogP contribution in [-0.4, -0.2) is 71.3 Å². The van der Waals surface area contributed by atoms with Gasteiger partial charge in [0.25, 0.3) is 5.91 Å². The lowest BCUT2D eigenvalue weighted by molar-refractivity contribution is -0.154. The molecule has 0 saturated carbocycles. The van der Waals surface area contributed by atoms with Crippen LogP contribution >= 0.6 is 0 Å². The number of hydrogen-bond acceptors (Lipinski definition) is 8. The average molecular weight is 587 g/mol. The highest BCUT2D eigenvalue weighted by Gasteiger charge is 2.29. The quantitative estimate of drug-likeness (QED) is 0.430. The van der Waals surface area contributed by atoms with E-state index in [0.717, 1.165) is 62.2 Å². The lowest BCUT2D eigenvalue weighted by atomic mass is 10.1. The van der Waals surface area contributed by atoms with E-state index in [0.29, 0.717) is 25.3 Å². The van der Waals surface area contributed by atoms with Crippen molar-refractivity contribution >= 4 is 11.9 Å². The lowest BCUT2D eigenvalue weighted by Gasteiger charge is -2.22. The van der Waals surface area contributed by atoms with Crippen molar-refractivity contribution < 1.29 is 27.4 Å². The molecule has 6 bridgehead atoms. The van der Waals surface area contributed by atoms with Crippen LogP contribution in [0, 0.1) is 0 Å². The number of carbonyl (C=O) groups excluding carboxylic acids is 1. The summed E-state index contributed by atoms with van der Waals surface area (Å²) in [5.74, 6) is 0.917. The van der Waals surface area contributed by atoms with Crippen LogP contribution in [-0.2, 0) is 13.0 Å². The van der Waals surface area contributed by atoms with Gasteiger partial charge in [-0.25, -0.2) is 0 Å². The molecule has 7 rings (SSSR count). The molecule has 12 heteroatoms. The smallest absolute Gasteiger partial charge is 0.422 e. The Kier molecular flexibility index (Phi) is 11.3. The van der Waals surface area contributed by atoms with E-state index in [2.05, 4.69) is 37.4 Å². The standard InChI is InChI=1S/C30H37F3N6O3/c1-2-3-15-39-16-4-14-34-27(40)24-10-6-22(7-11-24)19-26-36-28(38-29(37-26)42-21-30(31,32)33)35-20-23-8-12-25(13-9-23)41-18-5-17-39/h6-13H,2-5,14-21H2,1H3,(H,34,40)(H,35,36,37,38). The molecule has 1 aromatic heterocycles. The van der Waals surface area contributed by atoms with Gasteiger partial charge < -0.3 is 25.0 Å². The Morgan fingerprint density at radius 2 is 1.69 bits per heavy atom. The number of nitrogens with zero attached hydrogens (tertiary/aromatic N) is 4. The van der Waals surface area contributed by atoms with E-state index in [1.54, 1.807) is 24.3 Å². The fraction of sp³-hybridized carbons (Fsp3) is 0.467. The molecule has 0 saturated heterocycles. The molecule has 4 aliphatic rings. The third-order valence-corrected chi connectivity index (χ3v) is 6.63. The van der Waals surface area contributed by atoms with Gasteiger partial charge in [0.15, 0.2) is 6.61 Å². The number of ether oxygens (including phenoxy) is 2. The van der Waals surface area contributed by atoms with Gasteiger partial charge in [0, 0.05) is 31.6 Å². The zero-order valence-corrected chi connectivity index (χ0v) is 23.8. The van der Waals surface area contributed by atoms with Gasteiger partial charge in [-0.1, -0.05) is 37.6 Å². The molecule has 1 amide bonds. The van der Waals surface area contributed by atoms with Crippen molar-refractivity contribution in [1.29, 1.82) is 0 Å². The summed E-state index contributed by atoms with van der Waals surface area (Å²) in [6.45, 7) is 4.97. The number of halogens is 3. The molecular weight excluding hydrogens is 549 g/mol. The van der Waals surface area contributed by atoms with Gasteiger partial charge in [-0.05, 0) is 67.7 Å². The maximum atomic E-state index is 12.8. The summed E-state index contributed by atoms with van der Waals surface area (Å²) in [7, 11) is 0. The topological polar surface area (TPSA) is 102 Å². The molecule has 2 aromatic carbocycles. The Bertz CT molecular complexity index is 1270. The number of carbonyl (C=O) groups is 1. The maximum Gasteiger partial charge on any atom is 0.422 e. The molecule has 9 nitrogen and oxygen atoms in total. The SMILES string of the molecule is CCCCN1CCCNC(=O)c2ccc(cc2)Cc2nc(nc(OCC(F)(F)F)n2)NCc2ccc(cc2)OCCC1. The van der Waals surface area contributed by atoms with Crippen molar-refractivity contribution in [2.75, 3.05) is 44.7 Å². The number of amides is 1. The van der Waals surface area contributed by atoms with E-state index in [-0.39, 0.29) is 24.1 Å². The summed E-state index contributed by atoms with van der Waals surface area (Å²) < 4.78 is 49.1. The first-order chi connectivity index (χ1) is 20.3. The van der Waals surface area contributed by atoms with Crippen LogP contribution in [0.25, 0.3) is 0 Å². The lowest BCUT2D eigenvalue weighted by Crippen LogP contribution is -2.32. The number of hydrogen-bond donors (Lipinski definition) is 2. The number of unbranched alkanes of at least 4 members (excludes halogenated alkanes) is 1. The predicted molar refractivity (Wildman–Crippen MR) is 153 cm³/mol. The van der Waals surface area contributed by atoms with E-state index in [4.69, 9.17) is 9.47 Å². The van der Waals surface area contributed by atoms with Crippen molar-refractivity contribution in [3.8, 4) is 11.8 Å². The van der Waals surface area contributed by atoms with Gasteiger partial charge in [0.1, 0.15) is 11.6 Å². The summed E-state index contributed by atoms with van der Waals surface area (Å²) in [4.78, 5) is 27.6. The Labute approximate surface area is 243 Å². The van der Waals surface area contributed by atoms with Crippen molar-refractivity contribution in [2.45, 2.75) is 51.7 Å². The van der Waals surface area contributed by atoms with Gasteiger partial charge in [0.05, 0.1) is 6.61 Å². The molecule has 0 unspecified atom stereocenters. The molecule has 5 heterocycles. The molecular formula is C30H37F3N6O3. The second-order valence-electron chi connectivity index (χ2n) is 10.1. The molecule has 0 spiro atoms. The number of nitrogens with one attached hydrogen (secondary N) is 2. The number of alkyl halides is 3. The second kappa shape index (κ2) is 15.3. The van der Waals surface area contributed by atoms with Crippen LogP contribution in [0.4, 0.5) is 19.1 Å². The average Bonchev–Trinajstić information content (AvgIpc) is 2.97. The summed E-state index contributed by atoms with van der Waals surface area (Å²) in [6.07, 6.45) is -0.354. The van der Waals surface area contributed by atoms with Crippen molar-refractivity contribution in [1.82, 2.24) is 25.2 Å². The minimum Gasteiger partial charge on any atom is -0.494 e. The molecule has 0 atom stereocenters. The zero-order valence-electron chi connectivity index (χ0n) is 23.8. The predicted octanol–water partition coefficient (Wildman–Crippen LogP) is 5.02. The third-order valence-electron chi connectivity index (χ3n) is 6.63. The summed E-state index contributed by atoms with van der Waals surface area (Å²) in [6, 6.07) is 14.1. The van der Waals surface area contributed by atoms with Crippen LogP contribution in [0.5, 0.6) is 11.8 Å². The van der Waals surface area contributed by atoms with Crippen molar-refractivity contribution in [2.24, 2.45) is 0 Å². The number of aromatic nitrogens is 3. The highest BCUT2D eigenvalue weighted by Crippen LogP contribution is 2.19. The van der Waals surface area contributed by atoms with Gasteiger partial charge in [-0.15, -0.1) is 0 Å². The molecule has 0 fully saturated rings. The highest BCUT2D eigenvalue weighted by molar-refractivity contribution is 5.94. The highest BCUT2D eigenvalue weighted by atomic mass is 19.4. The molecule has 0 radical (unpaired) electrons. The van der Waals surface area contributed by atoms with Crippen LogP contribution in [0.1, 0.15) is 59.9 Å². The van der Waals surface area contributed by atoms with E-state index in [9.17, 15) is 18.0 Å². The fourth-order valence-electron chi connectivity index (χ4n) is 4.41. The Morgan fingerprint density at radius 1 is 0.952 bits per heavy atom. The van der Waals surface area contributed by atoms with E-state index < -0.39 is 18.8 Å². The molecule has 4 aliphatic heterocycles. The van der Waals surface area contributed by atoms with Gasteiger partial charge in [0.2, 0.25) is 5.95 Å². The number of anilines is 1. The Morgan fingerprint density at radius 3 is 2.43 bits per heavy atom. The fourth-order valence-corrected chi connectivity index (χ4v) is 4.41. The number of rotatable bonds is 5. The minimum absolute atomic E-state index is 0.0931. The largest absolute Gasteiger partial charge is 0.494 e. The van der Waals surface area contributed by atoms with E-state index in [1.165, 1.54) is 0 Å². The molecule has 3 aromatic rings. The maximum absolute atomic E-state index is 12.8. The van der Waals surface area contributed by atoms with E-state index in [1.807, 2.05) is 24.3 Å². The van der Waals surface area contributed by atoms with Crippen LogP contribution in [0.15, 0.2) is 48.5 Å². The second-order valence-corrected chi connectivity index (χ2v) is 10.1. The monoisotopic (exact) mass is 586 g/mol. The third kappa shape index (κ3) is 10.5. The first-order valence-corrected chi connectivity index (χ1v) is 14.3. The zero-order chi connectivity index (χ0) is 29.8. The minimum atomic E-state index is -4.53. The Hall–Kier alpha value is -3.93. The molecule has 2 N–H and O–H groups in total. The van der Waals surface area contributed by atoms with Crippen molar-refractivity contribution in [3.63, 3.8) is 0 Å². The van der Waals surface area contributed by atoms with Gasteiger partial charge in [-0.3, -0.25) is 4.79 Å². The number of benzene rings is 2. The Balaban J connectivity index is 1.52. The van der Waals surface area contributed by atoms with Crippen molar-refractivity contribution in [3.05, 3.63) is 71.0 Å². The molecule has 226 valence electrons. The first kappa shape index (κ1) is 31.0. The molecule has 42 heavy (non-hydrogen) atoms. The summed E-state index contributed by atoms with van der Waals surface area (Å²) in [5, 5.41) is 6.03. The van der Waals surface area contributed by atoms with Gasteiger partial charge in [-0.2, -0.15) is 28.1 Å². The van der Waals surface area contributed by atoms with Gasteiger partial charge >= 0.3 is 12.2 Å².